The van der Waals surface area contributed by atoms with Gasteiger partial charge in [0.05, 0.1) is 33.8 Å². The lowest BCUT2D eigenvalue weighted by Crippen LogP contribution is -2.47. The Hall–Kier alpha value is -2.55. The third-order valence-electron chi connectivity index (χ3n) is 15.1. The maximum absolute atomic E-state index is 13.5. The second kappa shape index (κ2) is 60.6. The van der Waals surface area contributed by atoms with Crippen LogP contribution < -0.4 is 5.32 Å². The van der Waals surface area contributed by atoms with Crippen LogP contribution in [0.5, 0.6) is 0 Å². The van der Waals surface area contributed by atoms with Crippen molar-refractivity contribution in [3.63, 3.8) is 0 Å². The predicted molar refractivity (Wildman–Crippen MR) is 351 cm³/mol. The average molecular weight is 1160 g/mol. The molecule has 3 atom stereocenters. The number of unbranched alkanes of at least 4 members (excludes halogenated alkanes) is 36. The summed E-state index contributed by atoms with van der Waals surface area (Å²) >= 11 is 0. The van der Waals surface area contributed by atoms with E-state index < -0.39 is 20.0 Å². The molecule has 0 rings (SSSR count). The maximum atomic E-state index is 13.5. The summed E-state index contributed by atoms with van der Waals surface area (Å²) in [4.78, 5) is 37.8. The zero-order valence-corrected chi connectivity index (χ0v) is 54.9. The number of esters is 1. The van der Waals surface area contributed by atoms with Gasteiger partial charge in [-0.2, -0.15) is 0 Å². The zero-order chi connectivity index (χ0) is 59.3. The number of carbonyl (C=O) groups is 2. The third-order valence-corrected chi connectivity index (χ3v) is 16.1. The number of likely N-dealkylation sites (N-methyl/N-ethyl adjacent to an activating group) is 1. The van der Waals surface area contributed by atoms with Crippen molar-refractivity contribution in [3.05, 3.63) is 72.9 Å². The van der Waals surface area contributed by atoms with Gasteiger partial charge in [-0.25, -0.2) is 4.57 Å². The molecule has 0 aromatic carbocycles. The molecular formula is C71H132N2O7P+. The zero-order valence-electron chi connectivity index (χ0n) is 54.0. The summed E-state index contributed by atoms with van der Waals surface area (Å²) in [6.07, 6.45) is 79.3. The van der Waals surface area contributed by atoms with Crippen LogP contribution >= 0.6 is 7.82 Å². The molecule has 0 spiro atoms. The van der Waals surface area contributed by atoms with E-state index in [0.29, 0.717) is 23.9 Å². The SMILES string of the molecule is CC/C=C/C/C=C/C/C=C/C/C=C/CCCCCC(=O)NC(COP(=O)(O)OCC[N+](C)(C)C)C(/C=C\CCCCCCCCCCCC)OC(=O)CCCCCCCCCCCCCCCCCCC/C=C/CCCCCCCC. The Morgan fingerprint density at radius 1 is 0.444 bits per heavy atom. The van der Waals surface area contributed by atoms with E-state index in [0.717, 1.165) is 83.5 Å². The molecule has 0 aromatic rings. The van der Waals surface area contributed by atoms with Crippen LogP contribution in [-0.2, 0) is 27.9 Å². The molecule has 9 nitrogen and oxygen atoms in total. The van der Waals surface area contributed by atoms with Gasteiger partial charge in [0.2, 0.25) is 5.91 Å². The van der Waals surface area contributed by atoms with Gasteiger partial charge in [-0.05, 0) is 96.0 Å². The van der Waals surface area contributed by atoms with Gasteiger partial charge in [-0.1, -0.05) is 280 Å². The molecule has 81 heavy (non-hydrogen) atoms. The van der Waals surface area contributed by atoms with E-state index in [1.165, 1.54) is 193 Å². The van der Waals surface area contributed by atoms with Crippen LogP contribution in [0.2, 0.25) is 0 Å². The minimum Gasteiger partial charge on any atom is -0.456 e. The lowest BCUT2D eigenvalue weighted by Gasteiger charge is -2.27. The summed E-state index contributed by atoms with van der Waals surface area (Å²) in [5.41, 5.74) is 0. The highest BCUT2D eigenvalue weighted by Gasteiger charge is 2.30. The Kier molecular flexibility index (Phi) is 58.7. The van der Waals surface area contributed by atoms with Gasteiger partial charge >= 0.3 is 13.8 Å². The molecule has 0 aliphatic carbocycles. The Labute approximate surface area is 502 Å². The maximum Gasteiger partial charge on any atom is 0.472 e. The normalized spacial score (nSPS) is 14.0. The summed E-state index contributed by atoms with van der Waals surface area (Å²) in [5, 5.41) is 3.04. The number of nitrogens with zero attached hydrogens (tertiary/aromatic N) is 1. The fourth-order valence-electron chi connectivity index (χ4n) is 9.87. The van der Waals surface area contributed by atoms with E-state index in [1.54, 1.807) is 0 Å². The van der Waals surface area contributed by atoms with Crippen LogP contribution in [0, 0.1) is 0 Å². The van der Waals surface area contributed by atoms with Gasteiger partial charge in [0.25, 0.3) is 0 Å². The second-order valence-electron chi connectivity index (χ2n) is 24.3. The van der Waals surface area contributed by atoms with Crippen LogP contribution in [0.15, 0.2) is 72.9 Å². The standard InChI is InChI=1S/C71H131N2O7P/c1-7-10-13-16-19-22-25-28-30-32-33-34-35-36-37-38-39-40-41-42-44-46-49-52-55-58-61-64-71(75)80-69(62-59-56-53-50-47-27-24-21-18-15-12-9-3)68(67-79-81(76,77)78-66-65-73(4,5)6)72-70(74)63-60-57-54-51-48-45-43-31-29-26-23-20-17-14-11-8-2/h11,14,20,23,28-31,45,48,59,62,68-69H,7-10,12-13,15-19,21-22,24-27,32-44,46-47,49-58,60-61,63-67H2,1-6H3,(H-,72,74,76,77)/p+1/b14-11+,23-20+,30-28+,31-29+,48-45+,62-59-. The minimum atomic E-state index is -4.46. The second-order valence-corrected chi connectivity index (χ2v) is 25.8. The van der Waals surface area contributed by atoms with Crippen LogP contribution in [0.1, 0.15) is 316 Å². The number of hydrogen-bond acceptors (Lipinski definition) is 6. The van der Waals surface area contributed by atoms with Crippen molar-refractivity contribution in [2.24, 2.45) is 0 Å². The monoisotopic (exact) mass is 1160 g/mol. The van der Waals surface area contributed by atoms with Crippen molar-refractivity contribution in [1.82, 2.24) is 5.32 Å². The van der Waals surface area contributed by atoms with Gasteiger partial charge in [0.15, 0.2) is 0 Å². The van der Waals surface area contributed by atoms with E-state index in [9.17, 15) is 19.0 Å². The molecule has 0 radical (unpaired) electrons. The number of rotatable bonds is 62. The van der Waals surface area contributed by atoms with Crippen LogP contribution in [0.3, 0.4) is 0 Å². The van der Waals surface area contributed by atoms with Gasteiger partial charge in [-0.3, -0.25) is 18.6 Å². The van der Waals surface area contributed by atoms with Gasteiger partial charge in [0.1, 0.15) is 19.3 Å². The number of phosphoric ester groups is 1. The molecule has 0 fully saturated rings. The lowest BCUT2D eigenvalue weighted by atomic mass is 10.0. The smallest absolute Gasteiger partial charge is 0.456 e. The topological polar surface area (TPSA) is 111 Å². The number of carbonyl (C=O) groups excluding carboxylic acids is 2. The Morgan fingerprint density at radius 2 is 0.790 bits per heavy atom. The summed E-state index contributed by atoms with van der Waals surface area (Å²) in [7, 11) is 1.48. The number of phosphoric acid groups is 1. The fourth-order valence-corrected chi connectivity index (χ4v) is 10.6. The molecule has 1 amide bonds. The molecule has 10 heteroatoms. The van der Waals surface area contributed by atoms with Crippen LogP contribution in [0.25, 0.3) is 0 Å². The molecular weight excluding hydrogens is 1020 g/mol. The van der Waals surface area contributed by atoms with E-state index in [1.807, 2.05) is 33.3 Å². The number of allylic oxidation sites excluding steroid dienone is 11. The van der Waals surface area contributed by atoms with Crippen molar-refractivity contribution >= 4 is 19.7 Å². The quantitative estimate of drug-likeness (QED) is 0.0205. The molecule has 0 aliphatic heterocycles. The summed E-state index contributed by atoms with van der Waals surface area (Å²) < 4.78 is 30.7. The van der Waals surface area contributed by atoms with Crippen molar-refractivity contribution < 1.29 is 37.3 Å². The number of ether oxygens (including phenoxy) is 1. The fraction of sp³-hybridized carbons (Fsp3) is 0.803. The summed E-state index contributed by atoms with van der Waals surface area (Å²) in [6, 6.07) is -0.866. The summed E-state index contributed by atoms with van der Waals surface area (Å²) in [5.74, 6) is -0.533. The Bertz CT molecular complexity index is 1620. The number of nitrogens with one attached hydrogen (secondary N) is 1. The largest absolute Gasteiger partial charge is 0.472 e. The average Bonchev–Trinajstić information content (AvgIpc) is 3.44. The lowest BCUT2D eigenvalue weighted by molar-refractivity contribution is -0.870. The molecule has 0 bridgehead atoms. The third kappa shape index (κ3) is 61.8. The highest BCUT2D eigenvalue weighted by atomic mass is 31.2. The minimum absolute atomic E-state index is 0.0326. The van der Waals surface area contributed by atoms with Crippen LogP contribution in [-0.4, -0.2) is 74.3 Å². The predicted octanol–water partition coefficient (Wildman–Crippen LogP) is 21.6. The van der Waals surface area contributed by atoms with Crippen molar-refractivity contribution in [3.8, 4) is 0 Å². The highest BCUT2D eigenvalue weighted by Crippen LogP contribution is 2.43. The Balaban J connectivity index is 5.04. The first-order valence-electron chi connectivity index (χ1n) is 34.3. The number of hydrogen-bond donors (Lipinski definition) is 2. The van der Waals surface area contributed by atoms with Gasteiger partial charge in [0, 0.05) is 12.8 Å². The molecule has 2 N–H and O–H groups in total. The molecule has 0 aliphatic rings. The van der Waals surface area contributed by atoms with E-state index in [4.69, 9.17) is 13.8 Å². The molecule has 472 valence electrons. The molecule has 3 unspecified atom stereocenters. The first-order valence-corrected chi connectivity index (χ1v) is 35.8. The van der Waals surface area contributed by atoms with Crippen LogP contribution in [0.4, 0.5) is 0 Å². The van der Waals surface area contributed by atoms with Gasteiger partial charge < -0.3 is 19.4 Å². The van der Waals surface area contributed by atoms with Crippen molar-refractivity contribution in [1.29, 1.82) is 0 Å². The first-order chi connectivity index (χ1) is 39.4. The number of amides is 1. The van der Waals surface area contributed by atoms with E-state index in [2.05, 4.69) is 86.8 Å². The number of quaternary nitrogens is 1. The highest BCUT2D eigenvalue weighted by molar-refractivity contribution is 7.47. The van der Waals surface area contributed by atoms with Crippen molar-refractivity contribution in [2.75, 3.05) is 40.9 Å². The summed E-state index contributed by atoms with van der Waals surface area (Å²) in [6.45, 7) is 6.89. The van der Waals surface area contributed by atoms with Gasteiger partial charge in [-0.15, -0.1) is 0 Å². The Morgan fingerprint density at radius 3 is 1.21 bits per heavy atom. The first kappa shape index (κ1) is 78.5. The molecule has 0 heterocycles. The molecule has 0 saturated heterocycles. The molecule has 0 aromatic heterocycles. The van der Waals surface area contributed by atoms with E-state index >= 15 is 0 Å². The van der Waals surface area contributed by atoms with E-state index in [-0.39, 0.29) is 31.5 Å². The van der Waals surface area contributed by atoms with Crippen molar-refractivity contribution in [2.45, 2.75) is 328 Å². The molecule has 0 saturated carbocycles.